The zero-order valence-electron chi connectivity index (χ0n) is 35.9. The van der Waals surface area contributed by atoms with Crippen molar-refractivity contribution in [3.63, 3.8) is 0 Å². The molecule has 2 aromatic rings. The Labute approximate surface area is 335 Å². The SMILES string of the molecule is CCCCCCCCCCCCCCCCCCCCCCCc1cccc(C2=CC(CCCCC)=C(c3ccc(CCCCCCCC)cc3)[N+]2=[N-])c1. The van der Waals surface area contributed by atoms with Gasteiger partial charge in [0.2, 0.25) is 11.4 Å². The van der Waals surface area contributed by atoms with Gasteiger partial charge in [-0.05, 0) is 73.9 Å². The van der Waals surface area contributed by atoms with Crippen LogP contribution in [0.25, 0.3) is 16.9 Å². The fraction of sp³-hybridized carbons (Fsp3) is 0.692. The molecule has 0 fully saturated rings. The molecule has 0 saturated heterocycles. The summed E-state index contributed by atoms with van der Waals surface area (Å²) in [4.78, 5) is 0. The van der Waals surface area contributed by atoms with Gasteiger partial charge in [0.1, 0.15) is 0 Å². The lowest BCUT2D eigenvalue weighted by molar-refractivity contribution is -0.344. The zero-order valence-corrected chi connectivity index (χ0v) is 35.9. The number of aryl methyl sites for hydroxylation is 2. The van der Waals surface area contributed by atoms with E-state index in [-0.39, 0.29) is 0 Å². The van der Waals surface area contributed by atoms with Crippen molar-refractivity contribution < 1.29 is 4.70 Å². The molecule has 0 aliphatic carbocycles. The molecule has 54 heavy (non-hydrogen) atoms. The normalized spacial score (nSPS) is 13.0. The third-order valence-corrected chi connectivity index (χ3v) is 11.9. The average Bonchev–Trinajstić information content (AvgIpc) is 3.52. The monoisotopic (exact) mass is 737 g/mol. The van der Waals surface area contributed by atoms with Gasteiger partial charge in [-0.3, -0.25) is 0 Å². The maximum absolute atomic E-state index is 11.7. The largest absolute Gasteiger partial charge is 0.493 e. The summed E-state index contributed by atoms with van der Waals surface area (Å²) in [5, 5.41) is 0. The van der Waals surface area contributed by atoms with Gasteiger partial charge in [0.15, 0.2) is 0 Å². The molecule has 0 N–H and O–H groups in total. The molecule has 2 aromatic carbocycles. The van der Waals surface area contributed by atoms with Gasteiger partial charge < -0.3 is 5.53 Å². The molecule has 1 aliphatic heterocycles. The van der Waals surface area contributed by atoms with Crippen LogP contribution in [0.4, 0.5) is 0 Å². The van der Waals surface area contributed by atoms with Crippen molar-refractivity contribution in [3.8, 4) is 0 Å². The van der Waals surface area contributed by atoms with Crippen LogP contribution < -0.4 is 0 Å². The van der Waals surface area contributed by atoms with Crippen LogP contribution in [0, 0.1) is 0 Å². The molecular formula is C52H84N2. The minimum atomic E-state index is 0.924. The highest BCUT2D eigenvalue weighted by Crippen LogP contribution is 2.38. The lowest BCUT2D eigenvalue weighted by Crippen LogP contribution is -2.03. The Kier molecular flexibility index (Phi) is 26.1. The maximum atomic E-state index is 11.7. The Hall–Kier alpha value is -2.48. The minimum absolute atomic E-state index is 0.924. The van der Waals surface area contributed by atoms with Crippen LogP contribution in [0.3, 0.4) is 0 Å². The second-order valence-electron chi connectivity index (χ2n) is 16.9. The lowest BCUT2D eigenvalue weighted by atomic mass is 9.99. The topological polar surface area (TPSA) is 25.3 Å². The van der Waals surface area contributed by atoms with Crippen molar-refractivity contribution in [2.75, 3.05) is 0 Å². The van der Waals surface area contributed by atoms with Crippen LogP contribution >= 0.6 is 0 Å². The first kappa shape index (κ1) is 45.9. The molecule has 0 unspecified atom stereocenters. The first-order valence-electron chi connectivity index (χ1n) is 23.8. The molecular weight excluding hydrogens is 653 g/mol. The molecule has 0 saturated carbocycles. The van der Waals surface area contributed by atoms with Gasteiger partial charge in [0, 0.05) is 22.8 Å². The number of nitrogens with zero attached hydrogens (tertiary/aromatic N) is 2. The van der Waals surface area contributed by atoms with Gasteiger partial charge in [-0.25, -0.2) is 4.70 Å². The molecule has 0 bridgehead atoms. The molecule has 0 amide bonds. The van der Waals surface area contributed by atoms with Crippen molar-refractivity contribution in [2.45, 2.75) is 233 Å². The molecule has 1 heterocycles. The quantitative estimate of drug-likeness (QED) is 0.0497. The summed E-state index contributed by atoms with van der Waals surface area (Å²) in [6.45, 7) is 6.85. The number of hydrogen-bond donors (Lipinski definition) is 0. The molecule has 302 valence electrons. The van der Waals surface area contributed by atoms with Crippen LogP contribution in [-0.4, -0.2) is 4.70 Å². The van der Waals surface area contributed by atoms with Crippen LogP contribution in [0.15, 0.2) is 60.2 Å². The minimum Gasteiger partial charge on any atom is -0.493 e. The highest BCUT2D eigenvalue weighted by atomic mass is 15.2. The van der Waals surface area contributed by atoms with E-state index < -0.39 is 0 Å². The Balaban J connectivity index is 1.30. The van der Waals surface area contributed by atoms with E-state index in [1.165, 1.54) is 208 Å². The summed E-state index contributed by atoms with van der Waals surface area (Å²) in [5.74, 6) is 0. The molecule has 0 atom stereocenters. The van der Waals surface area contributed by atoms with Gasteiger partial charge in [-0.2, -0.15) is 0 Å². The molecule has 0 spiro atoms. The van der Waals surface area contributed by atoms with E-state index in [9.17, 15) is 5.53 Å². The van der Waals surface area contributed by atoms with Crippen molar-refractivity contribution >= 4 is 11.4 Å². The second-order valence-corrected chi connectivity index (χ2v) is 16.9. The van der Waals surface area contributed by atoms with Crippen LogP contribution in [0.5, 0.6) is 0 Å². The fourth-order valence-corrected chi connectivity index (χ4v) is 8.41. The number of benzene rings is 2. The number of rotatable bonds is 35. The van der Waals surface area contributed by atoms with E-state index in [0.717, 1.165) is 48.2 Å². The Morgan fingerprint density at radius 1 is 0.389 bits per heavy atom. The maximum Gasteiger partial charge on any atom is 0.210 e. The summed E-state index contributed by atoms with van der Waals surface area (Å²) < 4.78 is 1.49. The van der Waals surface area contributed by atoms with Gasteiger partial charge in [0.25, 0.3) is 0 Å². The van der Waals surface area contributed by atoms with Crippen LogP contribution in [0.2, 0.25) is 0 Å². The summed E-state index contributed by atoms with van der Waals surface area (Å²) in [6.07, 6.45) is 47.0. The van der Waals surface area contributed by atoms with Crippen molar-refractivity contribution in [2.24, 2.45) is 0 Å². The smallest absolute Gasteiger partial charge is 0.210 e. The highest BCUT2D eigenvalue weighted by molar-refractivity contribution is 5.78. The lowest BCUT2D eigenvalue weighted by Gasteiger charge is -2.11. The second kappa shape index (κ2) is 30.7. The van der Waals surface area contributed by atoms with Crippen LogP contribution in [-0.2, 0) is 12.8 Å². The predicted molar refractivity (Wildman–Crippen MR) is 239 cm³/mol. The van der Waals surface area contributed by atoms with Gasteiger partial charge >= 0.3 is 0 Å². The van der Waals surface area contributed by atoms with E-state index in [4.69, 9.17) is 0 Å². The molecule has 2 nitrogen and oxygen atoms in total. The summed E-state index contributed by atoms with van der Waals surface area (Å²) in [5.41, 5.74) is 19.9. The van der Waals surface area contributed by atoms with Crippen molar-refractivity contribution in [1.29, 1.82) is 0 Å². The van der Waals surface area contributed by atoms with E-state index in [1.54, 1.807) is 0 Å². The van der Waals surface area contributed by atoms with Crippen LogP contribution in [0.1, 0.15) is 242 Å². The third kappa shape index (κ3) is 19.4. The number of allylic oxidation sites excluding steroid dienone is 2. The molecule has 3 rings (SSSR count). The molecule has 0 radical (unpaired) electrons. The van der Waals surface area contributed by atoms with E-state index >= 15 is 0 Å². The van der Waals surface area contributed by atoms with Crippen molar-refractivity contribution in [1.82, 2.24) is 0 Å². The molecule has 2 heteroatoms. The Morgan fingerprint density at radius 2 is 0.778 bits per heavy atom. The summed E-state index contributed by atoms with van der Waals surface area (Å²) >= 11 is 0. The first-order chi connectivity index (χ1) is 26.7. The summed E-state index contributed by atoms with van der Waals surface area (Å²) in [6, 6.07) is 18.0. The highest BCUT2D eigenvalue weighted by Gasteiger charge is 2.28. The Morgan fingerprint density at radius 3 is 1.24 bits per heavy atom. The van der Waals surface area contributed by atoms with E-state index in [1.807, 2.05) is 0 Å². The molecule has 0 aromatic heterocycles. The van der Waals surface area contributed by atoms with E-state index in [2.05, 4.69) is 75.4 Å². The van der Waals surface area contributed by atoms with Gasteiger partial charge in [0.05, 0.1) is 0 Å². The third-order valence-electron chi connectivity index (χ3n) is 11.9. The van der Waals surface area contributed by atoms with E-state index in [0.29, 0.717) is 0 Å². The molecule has 1 aliphatic rings. The van der Waals surface area contributed by atoms with Crippen molar-refractivity contribution in [3.05, 3.63) is 88.0 Å². The Bertz CT molecular complexity index is 1300. The number of unbranched alkanes of at least 4 members (excludes halogenated alkanes) is 27. The standard InChI is InChI=1S/C52H84N2/c1-4-7-10-12-14-15-16-17-18-19-20-21-22-23-24-25-26-27-28-30-33-36-47-37-34-39-49(44-47)51-45-50(38-31-9-6-3)52(54(51)53)48-42-40-46(41-43-48)35-32-29-13-11-8-5-2/h34,37,39-45H,4-33,35-36,38H2,1-3H3. The number of hydrogen-bond acceptors (Lipinski definition) is 0. The first-order valence-corrected chi connectivity index (χ1v) is 23.8. The van der Waals surface area contributed by atoms with Gasteiger partial charge in [-0.1, -0.05) is 218 Å². The average molecular weight is 737 g/mol. The summed E-state index contributed by atoms with van der Waals surface area (Å²) in [7, 11) is 0. The zero-order chi connectivity index (χ0) is 38.3. The fourth-order valence-electron chi connectivity index (χ4n) is 8.41. The predicted octanol–water partition coefficient (Wildman–Crippen LogP) is 17.7. The van der Waals surface area contributed by atoms with Gasteiger partial charge in [-0.15, -0.1) is 0 Å².